The summed E-state index contributed by atoms with van der Waals surface area (Å²) in [5, 5.41) is 13.4. The van der Waals surface area contributed by atoms with Crippen LogP contribution >= 0.6 is 0 Å². The largest absolute Gasteiger partial charge is 0.387 e. The van der Waals surface area contributed by atoms with Gasteiger partial charge in [-0.25, -0.2) is 0 Å². The average molecular weight is 249 g/mol. The zero-order valence-corrected chi connectivity index (χ0v) is 11.1. The Morgan fingerprint density at radius 1 is 1.28 bits per heavy atom. The Balaban J connectivity index is 1.70. The minimum atomic E-state index is -0.412. The van der Waals surface area contributed by atoms with E-state index in [4.69, 9.17) is 4.74 Å². The maximum atomic E-state index is 10.1. The van der Waals surface area contributed by atoms with E-state index in [0.29, 0.717) is 12.5 Å². The highest BCUT2D eigenvalue weighted by Gasteiger charge is 2.14. The Labute approximate surface area is 109 Å². The van der Waals surface area contributed by atoms with Crippen LogP contribution in [0.4, 0.5) is 0 Å². The molecular weight excluding hydrogens is 226 g/mol. The summed E-state index contributed by atoms with van der Waals surface area (Å²) in [5.41, 5.74) is 2.21. The van der Waals surface area contributed by atoms with Crippen molar-refractivity contribution in [2.24, 2.45) is 5.92 Å². The molecule has 0 aromatic heterocycles. The minimum absolute atomic E-state index is 0.412. The zero-order chi connectivity index (χ0) is 12.8. The van der Waals surface area contributed by atoms with Crippen LogP contribution in [-0.2, 0) is 4.74 Å². The summed E-state index contributed by atoms with van der Waals surface area (Å²) < 4.78 is 5.33. The minimum Gasteiger partial charge on any atom is -0.387 e. The molecule has 1 heterocycles. The number of benzene rings is 1. The molecule has 0 aliphatic carbocycles. The number of aliphatic hydroxyl groups is 1. The van der Waals surface area contributed by atoms with Gasteiger partial charge in [0.15, 0.2) is 0 Å². The summed E-state index contributed by atoms with van der Waals surface area (Å²) in [6.07, 6.45) is 1.85. The van der Waals surface area contributed by atoms with Crippen molar-refractivity contribution < 1.29 is 9.84 Å². The first-order valence-corrected chi connectivity index (χ1v) is 6.79. The second kappa shape index (κ2) is 6.88. The van der Waals surface area contributed by atoms with Crippen molar-refractivity contribution in [2.45, 2.75) is 25.9 Å². The summed E-state index contributed by atoms with van der Waals surface area (Å²) in [6.45, 7) is 5.42. The number of nitrogens with one attached hydrogen (secondary N) is 1. The first kappa shape index (κ1) is 13.5. The van der Waals surface area contributed by atoms with Crippen LogP contribution in [0.5, 0.6) is 0 Å². The predicted molar refractivity (Wildman–Crippen MR) is 72.6 cm³/mol. The summed E-state index contributed by atoms with van der Waals surface area (Å²) >= 11 is 0. The van der Waals surface area contributed by atoms with Crippen LogP contribution in [0.15, 0.2) is 24.3 Å². The maximum absolute atomic E-state index is 10.1. The Hall–Kier alpha value is -0.900. The second-order valence-electron chi connectivity index (χ2n) is 5.14. The highest BCUT2D eigenvalue weighted by atomic mass is 16.5. The van der Waals surface area contributed by atoms with Crippen molar-refractivity contribution in [2.75, 3.05) is 26.3 Å². The summed E-state index contributed by atoms with van der Waals surface area (Å²) in [7, 11) is 0. The third kappa shape index (κ3) is 4.09. The van der Waals surface area contributed by atoms with E-state index in [1.165, 1.54) is 5.56 Å². The third-order valence-electron chi connectivity index (χ3n) is 3.57. The SMILES string of the molecule is Cc1ccc(C(O)CNCC2CCOCC2)cc1. The number of hydrogen-bond acceptors (Lipinski definition) is 3. The average Bonchev–Trinajstić information content (AvgIpc) is 2.40. The molecule has 1 atom stereocenters. The van der Waals surface area contributed by atoms with Crippen molar-refractivity contribution in [1.29, 1.82) is 0 Å². The van der Waals surface area contributed by atoms with Gasteiger partial charge in [-0.3, -0.25) is 0 Å². The van der Waals surface area contributed by atoms with Gasteiger partial charge in [-0.1, -0.05) is 29.8 Å². The molecule has 0 amide bonds. The molecule has 1 aromatic rings. The second-order valence-corrected chi connectivity index (χ2v) is 5.14. The van der Waals surface area contributed by atoms with Gasteiger partial charge in [0.1, 0.15) is 0 Å². The molecule has 18 heavy (non-hydrogen) atoms. The van der Waals surface area contributed by atoms with Gasteiger partial charge in [0, 0.05) is 19.8 Å². The molecule has 100 valence electrons. The Kier molecular flexibility index (Phi) is 5.17. The van der Waals surface area contributed by atoms with Crippen LogP contribution in [0.25, 0.3) is 0 Å². The number of aryl methyl sites for hydroxylation is 1. The van der Waals surface area contributed by atoms with E-state index >= 15 is 0 Å². The van der Waals surface area contributed by atoms with Gasteiger partial charge in [-0.2, -0.15) is 0 Å². The van der Waals surface area contributed by atoms with Crippen LogP contribution in [0.1, 0.15) is 30.1 Å². The predicted octanol–water partition coefficient (Wildman–Crippen LogP) is 2.04. The highest BCUT2D eigenvalue weighted by Crippen LogP contribution is 2.15. The molecule has 3 heteroatoms. The summed E-state index contributed by atoms with van der Waals surface area (Å²) in [6, 6.07) is 8.07. The number of hydrogen-bond donors (Lipinski definition) is 2. The molecule has 2 N–H and O–H groups in total. The fourth-order valence-corrected chi connectivity index (χ4v) is 2.28. The summed E-state index contributed by atoms with van der Waals surface area (Å²) in [5.74, 6) is 0.698. The van der Waals surface area contributed by atoms with Gasteiger partial charge < -0.3 is 15.2 Å². The molecule has 0 spiro atoms. The van der Waals surface area contributed by atoms with Crippen molar-refractivity contribution in [3.63, 3.8) is 0 Å². The lowest BCUT2D eigenvalue weighted by atomic mass is 10.0. The quantitative estimate of drug-likeness (QED) is 0.839. The first-order chi connectivity index (χ1) is 8.75. The number of ether oxygens (including phenoxy) is 1. The Morgan fingerprint density at radius 2 is 1.94 bits per heavy atom. The molecule has 0 saturated carbocycles. The fraction of sp³-hybridized carbons (Fsp3) is 0.600. The lowest BCUT2D eigenvalue weighted by Gasteiger charge is -2.23. The van der Waals surface area contributed by atoms with E-state index in [1.54, 1.807) is 0 Å². The van der Waals surface area contributed by atoms with Crippen molar-refractivity contribution in [3.05, 3.63) is 35.4 Å². The normalized spacial score (nSPS) is 18.8. The van der Waals surface area contributed by atoms with E-state index in [-0.39, 0.29) is 0 Å². The zero-order valence-electron chi connectivity index (χ0n) is 11.1. The molecule has 1 aliphatic heterocycles. The molecular formula is C15H23NO2. The molecule has 0 radical (unpaired) electrons. The van der Waals surface area contributed by atoms with Gasteiger partial charge in [0.05, 0.1) is 6.10 Å². The topological polar surface area (TPSA) is 41.5 Å². The Bertz CT molecular complexity index is 344. The highest BCUT2D eigenvalue weighted by molar-refractivity contribution is 5.23. The molecule has 1 saturated heterocycles. The van der Waals surface area contributed by atoms with Gasteiger partial charge in [0.25, 0.3) is 0 Å². The molecule has 0 bridgehead atoms. The molecule has 1 aromatic carbocycles. The maximum Gasteiger partial charge on any atom is 0.0914 e. The van der Waals surface area contributed by atoms with Gasteiger partial charge in [0.2, 0.25) is 0 Å². The smallest absolute Gasteiger partial charge is 0.0914 e. The van der Waals surface area contributed by atoms with Crippen LogP contribution in [0.3, 0.4) is 0 Å². The third-order valence-corrected chi connectivity index (χ3v) is 3.57. The van der Waals surface area contributed by atoms with E-state index < -0.39 is 6.10 Å². The van der Waals surface area contributed by atoms with Crippen LogP contribution in [0.2, 0.25) is 0 Å². The van der Waals surface area contributed by atoms with Gasteiger partial charge in [-0.05, 0) is 37.8 Å². The lowest BCUT2D eigenvalue weighted by molar-refractivity contribution is 0.0649. The first-order valence-electron chi connectivity index (χ1n) is 6.79. The van der Waals surface area contributed by atoms with Crippen molar-refractivity contribution >= 4 is 0 Å². The van der Waals surface area contributed by atoms with Crippen LogP contribution in [-0.4, -0.2) is 31.4 Å². The van der Waals surface area contributed by atoms with E-state index in [2.05, 4.69) is 12.2 Å². The van der Waals surface area contributed by atoms with E-state index in [0.717, 1.165) is 38.2 Å². The van der Waals surface area contributed by atoms with Crippen molar-refractivity contribution in [3.8, 4) is 0 Å². The van der Waals surface area contributed by atoms with E-state index in [1.807, 2.05) is 24.3 Å². The molecule has 1 fully saturated rings. The molecule has 1 unspecified atom stereocenters. The van der Waals surface area contributed by atoms with E-state index in [9.17, 15) is 5.11 Å². The molecule has 1 aliphatic rings. The Morgan fingerprint density at radius 3 is 2.61 bits per heavy atom. The fourth-order valence-electron chi connectivity index (χ4n) is 2.28. The van der Waals surface area contributed by atoms with Crippen molar-refractivity contribution in [1.82, 2.24) is 5.32 Å². The number of aliphatic hydroxyl groups excluding tert-OH is 1. The van der Waals surface area contributed by atoms with Crippen LogP contribution in [0, 0.1) is 12.8 Å². The van der Waals surface area contributed by atoms with Crippen LogP contribution < -0.4 is 5.32 Å². The molecule has 2 rings (SSSR count). The monoisotopic (exact) mass is 249 g/mol. The van der Waals surface area contributed by atoms with Gasteiger partial charge in [-0.15, -0.1) is 0 Å². The lowest BCUT2D eigenvalue weighted by Crippen LogP contribution is -2.30. The standard InChI is InChI=1S/C15H23NO2/c1-12-2-4-14(5-3-12)15(17)11-16-10-13-6-8-18-9-7-13/h2-5,13,15-17H,6-11H2,1H3. The number of rotatable bonds is 5. The molecule has 3 nitrogen and oxygen atoms in total. The summed E-state index contributed by atoms with van der Waals surface area (Å²) in [4.78, 5) is 0. The van der Waals surface area contributed by atoms with Gasteiger partial charge >= 0.3 is 0 Å².